The van der Waals surface area contributed by atoms with Gasteiger partial charge in [0.1, 0.15) is 5.82 Å². The van der Waals surface area contributed by atoms with Crippen LogP contribution in [-0.4, -0.2) is 41.3 Å². The van der Waals surface area contributed by atoms with Crippen LogP contribution in [0.4, 0.5) is 0 Å². The molecule has 1 aromatic heterocycles. The number of likely N-dealkylation sites (tertiary alicyclic amines) is 1. The van der Waals surface area contributed by atoms with E-state index in [1.54, 1.807) is 7.11 Å². The molecule has 28 heavy (non-hydrogen) atoms. The maximum atomic E-state index is 13.4. The van der Waals surface area contributed by atoms with E-state index in [2.05, 4.69) is 25.7 Å². The number of piperidine rings is 1. The van der Waals surface area contributed by atoms with Crippen molar-refractivity contribution >= 4 is 10.9 Å². The van der Waals surface area contributed by atoms with Crippen molar-refractivity contribution in [3.05, 3.63) is 39.9 Å². The molecule has 5 heteroatoms. The molecule has 5 nitrogen and oxygen atoms in total. The minimum absolute atomic E-state index is 0.0555. The van der Waals surface area contributed by atoms with Crippen LogP contribution >= 0.6 is 0 Å². The summed E-state index contributed by atoms with van der Waals surface area (Å²) in [4.78, 5) is 21.0. The number of aromatic nitrogens is 2. The van der Waals surface area contributed by atoms with Crippen molar-refractivity contribution in [3.8, 4) is 0 Å². The molecule has 1 aliphatic rings. The maximum Gasteiger partial charge on any atom is 0.261 e. The van der Waals surface area contributed by atoms with Crippen molar-refractivity contribution in [2.75, 3.05) is 26.8 Å². The number of fused-ring (bicyclic) bond motifs is 1. The van der Waals surface area contributed by atoms with E-state index in [-0.39, 0.29) is 11.6 Å². The fourth-order valence-electron chi connectivity index (χ4n) is 4.72. The molecule has 1 unspecified atom stereocenters. The predicted octanol–water partition coefficient (Wildman–Crippen LogP) is 4.17. The van der Waals surface area contributed by atoms with Gasteiger partial charge in [0, 0.05) is 20.2 Å². The highest BCUT2D eigenvalue weighted by molar-refractivity contribution is 5.78. The lowest BCUT2D eigenvalue weighted by Crippen LogP contribution is -2.43. The zero-order chi connectivity index (χ0) is 20.3. The topological polar surface area (TPSA) is 47.4 Å². The fourth-order valence-corrected chi connectivity index (χ4v) is 4.72. The molecular formula is C23H35N3O2. The SMILES string of the molecule is CCCC(c1nc2ccc(C)cc2c(=O)n1CCOC)N1C[C@H](C)C[C@H](C)C1. The quantitative estimate of drug-likeness (QED) is 0.718. The smallest absolute Gasteiger partial charge is 0.261 e. The van der Waals surface area contributed by atoms with Gasteiger partial charge in [-0.1, -0.05) is 38.8 Å². The molecule has 0 saturated carbocycles. The molecule has 0 aliphatic carbocycles. The van der Waals surface area contributed by atoms with Crippen LogP contribution in [0.2, 0.25) is 0 Å². The number of ether oxygens (including phenoxy) is 1. The van der Waals surface area contributed by atoms with Crippen LogP contribution < -0.4 is 5.56 Å². The van der Waals surface area contributed by atoms with E-state index in [0.717, 1.165) is 42.8 Å². The van der Waals surface area contributed by atoms with Gasteiger partial charge in [-0.25, -0.2) is 4.98 Å². The minimum Gasteiger partial charge on any atom is -0.383 e. The second-order valence-corrected chi connectivity index (χ2v) is 8.64. The van der Waals surface area contributed by atoms with E-state index < -0.39 is 0 Å². The summed E-state index contributed by atoms with van der Waals surface area (Å²) < 4.78 is 7.18. The molecule has 1 fully saturated rings. The normalized spacial score (nSPS) is 21.9. The maximum absolute atomic E-state index is 13.4. The first kappa shape index (κ1) is 21.0. The van der Waals surface area contributed by atoms with Crippen molar-refractivity contribution < 1.29 is 4.74 Å². The Morgan fingerprint density at radius 3 is 2.61 bits per heavy atom. The van der Waals surface area contributed by atoms with Crippen molar-refractivity contribution in [3.63, 3.8) is 0 Å². The van der Waals surface area contributed by atoms with E-state index in [1.165, 1.54) is 6.42 Å². The number of nitrogens with zero attached hydrogens (tertiary/aromatic N) is 3. The molecule has 154 valence electrons. The highest BCUT2D eigenvalue weighted by atomic mass is 16.5. The summed E-state index contributed by atoms with van der Waals surface area (Å²) in [7, 11) is 1.68. The van der Waals surface area contributed by atoms with E-state index in [0.29, 0.717) is 30.4 Å². The Balaban J connectivity index is 2.13. The Morgan fingerprint density at radius 1 is 1.25 bits per heavy atom. The molecule has 3 atom stereocenters. The molecule has 2 aromatic rings. The van der Waals surface area contributed by atoms with Crippen molar-refractivity contribution in [2.45, 2.75) is 59.5 Å². The first-order valence-electron chi connectivity index (χ1n) is 10.7. The monoisotopic (exact) mass is 385 g/mol. The zero-order valence-corrected chi connectivity index (χ0v) is 18.1. The number of methoxy groups -OCH3 is 1. The van der Waals surface area contributed by atoms with Gasteiger partial charge in [-0.2, -0.15) is 0 Å². The zero-order valence-electron chi connectivity index (χ0n) is 18.1. The van der Waals surface area contributed by atoms with Gasteiger partial charge in [0.05, 0.1) is 30.1 Å². The third-order valence-electron chi connectivity index (χ3n) is 5.86. The van der Waals surface area contributed by atoms with E-state index >= 15 is 0 Å². The molecule has 0 spiro atoms. The summed E-state index contributed by atoms with van der Waals surface area (Å²) in [6, 6.07) is 6.15. The molecule has 0 amide bonds. The number of hydrogen-bond acceptors (Lipinski definition) is 4. The Kier molecular flexibility index (Phi) is 6.89. The van der Waals surface area contributed by atoms with Gasteiger partial charge in [0.25, 0.3) is 5.56 Å². The Hall–Kier alpha value is -1.72. The van der Waals surface area contributed by atoms with Crippen LogP contribution in [0.1, 0.15) is 57.5 Å². The van der Waals surface area contributed by atoms with Gasteiger partial charge in [0.2, 0.25) is 0 Å². The first-order valence-corrected chi connectivity index (χ1v) is 10.7. The Morgan fingerprint density at radius 2 is 1.96 bits per heavy atom. The van der Waals surface area contributed by atoms with Gasteiger partial charge in [-0.05, 0) is 43.7 Å². The van der Waals surface area contributed by atoms with Gasteiger partial charge in [-0.3, -0.25) is 14.3 Å². The van der Waals surface area contributed by atoms with Crippen LogP contribution in [0.3, 0.4) is 0 Å². The number of aryl methyl sites for hydroxylation is 1. The molecule has 1 saturated heterocycles. The number of rotatable bonds is 7. The van der Waals surface area contributed by atoms with Crippen LogP contribution in [0.25, 0.3) is 10.9 Å². The largest absolute Gasteiger partial charge is 0.383 e. The average molecular weight is 386 g/mol. The van der Waals surface area contributed by atoms with Gasteiger partial charge in [-0.15, -0.1) is 0 Å². The van der Waals surface area contributed by atoms with Crippen molar-refractivity contribution in [1.82, 2.24) is 14.5 Å². The van der Waals surface area contributed by atoms with Crippen LogP contribution in [-0.2, 0) is 11.3 Å². The molecule has 1 aliphatic heterocycles. The van der Waals surface area contributed by atoms with Gasteiger partial charge >= 0.3 is 0 Å². The van der Waals surface area contributed by atoms with E-state index in [9.17, 15) is 4.79 Å². The Bertz CT molecular complexity index is 851. The summed E-state index contributed by atoms with van der Waals surface area (Å²) in [5.74, 6) is 2.25. The average Bonchev–Trinajstić information content (AvgIpc) is 2.65. The molecule has 1 aromatic carbocycles. The van der Waals surface area contributed by atoms with Crippen LogP contribution in [0.5, 0.6) is 0 Å². The molecule has 0 radical (unpaired) electrons. The van der Waals surface area contributed by atoms with Gasteiger partial charge in [0.15, 0.2) is 0 Å². The van der Waals surface area contributed by atoms with Crippen LogP contribution in [0, 0.1) is 18.8 Å². The van der Waals surface area contributed by atoms with Crippen molar-refractivity contribution in [1.29, 1.82) is 0 Å². The fraction of sp³-hybridized carbons (Fsp3) is 0.652. The number of hydrogen-bond donors (Lipinski definition) is 0. The predicted molar refractivity (Wildman–Crippen MR) is 115 cm³/mol. The molecule has 3 rings (SSSR count). The second kappa shape index (κ2) is 9.19. The van der Waals surface area contributed by atoms with Crippen LogP contribution in [0.15, 0.2) is 23.0 Å². The minimum atomic E-state index is 0.0555. The third-order valence-corrected chi connectivity index (χ3v) is 5.86. The Labute approximate surface area is 168 Å². The summed E-state index contributed by atoms with van der Waals surface area (Å²) in [5, 5.41) is 0.704. The van der Waals surface area contributed by atoms with Gasteiger partial charge < -0.3 is 4.74 Å². The summed E-state index contributed by atoms with van der Waals surface area (Å²) >= 11 is 0. The van der Waals surface area contributed by atoms with Crippen molar-refractivity contribution in [2.24, 2.45) is 11.8 Å². The highest BCUT2D eigenvalue weighted by Gasteiger charge is 2.31. The molecular weight excluding hydrogens is 350 g/mol. The lowest BCUT2D eigenvalue weighted by molar-refractivity contribution is 0.0822. The number of benzene rings is 1. The summed E-state index contributed by atoms with van der Waals surface area (Å²) in [5.41, 5.74) is 1.94. The standard InChI is InChI=1S/C23H35N3O2/c1-6-7-21(25-14-17(3)12-18(4)15-25)22-24-20-9-8-16(2)13-19(20)23(27)26(22)10-11-28-5/h8-9,13,17-18,21H,6-7,10-12,14-15H2,1-5H3/t17-,18+,21?. The lowest BCUT2D eigenvalue weighted by Gasteiger charge is -2.40. The molecule has 2 heterocycles. The van der Waals surface area contributed by atoms with E-state index in [1.807, 2.05) is 29.7 Å². The molecule has 0 N–H and O–H groups in total. The third kappa shape index (κ3) is 4.47. The second-order valence-electron chi connectivity index (χ2n) is 8.64. The summed E-state index contributed by atoms with van der Waals surface area (Å²) in [6.07, 6.45) is 3.35. The molecule has 0 bridgehead atoms. The lowest BCUT2D eigenvalue weighted by atomic mass is 9.90. The van der Waals surface area contributed by atoms with E-state index in [4.69, 9.17) is 9.72 Å². The first-order chi connectivity index (χ1) is 13.4. The summed E-state index contributed by atoms with van der Waals surface area (Å²) in [6.45, 7) is 12.1. The highest BCUT2D eigenvalue weighted by Crippen LogP contribution is 2.31.